The number of rotatable bonds is 10. The Bertz CT molecular complexity index is 791. The highest BCUT2D eigenvalue weighted by Crippen LogP contribution is 2.23. The van der Waals surface area contributed by atoms with Crippen LogP contribution in [0.15, 0.2) is 54.6 Å². The minimum atomic E-state index is 0.212. The van der Waals surface area contributed by atoms with Gasteiger partial charge in [0, 0.05) is 50.9 Å². The van der Waals surface area contributed by atoms with E-state index in [0.717, 1.165) is 50.6 Å². The van der Waals surface area contributed by atoms with Crippen LogP contribution in [0.1, 0.15) is 24.5 Å². The molecule has 3 rings (SSSR count). The van der Waals surface area contributed by atoms with Crippen molar-refractivity contribution in [3.8, 4) is 11.5 Å². The Hall–Kier alpha value is -2.34. The van der Waals surface area contributed by atoms with Crippen LogP contribution in [0.4, 0.5) is 0 Å². The Morgan fingerprint density at radius 1 is 1.10 bits per heavy atom. The van der Waals surface area contributed by atoms with E-state index >= 15 is 0 Å². The molecule has 0 spiro atoms. The molecule has 1 atom stereocenters. The molecule has 0 aliphatic carbocycles. The average molecular weight is 411 g/mol. The van der Waals surface area contributed by atoms with Gasteiger partial charge in [0.25, 0.3) is 0 Å². The lowest BCUT2D eigenvalue weighted by Crippen LogP contribution is -2.52. The lowest BCUT2D eigenvalue weighted by molar-refractivity contribution is 0.0590. The molecule has 162 valence electrons. The molecule has 0 radical (unpaired) electrons. The van der Waals surface area contributed by atoms with Crippen molar-refractivity contribution in [1.29, 1.82) is 0 Å². The second kappa shape index (κ2) is 11.7. The first kappa shape index (κ1) is 22.3. The fourth-order valence-corrected chi connectivity index (χ4v) is 3.96. The van der Waals surface area contributed by atoms with Crippen molar-refractivity contribution in [3.63, 3.8) is 0 Å². The predicted octanol–water partition coefficient (Wildman–Crippen LogP) is 3.68. The van der Waals surface area contributed by atoms with Crippen LogP contribution in [0.3, 0.4) is 0 Å². The van der Waals surface area contributed by atoms with Crippen molar-refractivity contribution in [2.24, 2.45) is 0 Å². The average Bonchev–Trinajstić information content (AvgIpc) is 2.77. The topological polar surface area (TPSA) is 45.2 Å². The van der Waals surface area contributed by atoms with Gasteiger partial charge in [0.15, 0.2) is 0 Å². The number of para-hydroxylation sites is 1. The van der Waals surface area contributed by atoms with Gasteiger partial charge in [-0.1, -0.05) is 42.5 Å². The Morgan fingerprint density at radius 3 is 2.63 bits per heavy atom. The Morgan fingerprint density at radius 2 is 1.90 bits per heavy atom. The molecule has 0 unspecified atom stereocenters. The number of benzene rings is 2. The van der Waals surface area contributed by atoms with Crippen molar-refractivity contribution in [1.82, 2.24) is 9.80 Å². The zero-order chi connectivity index (χ0) is 21.2. The fourth-order valence-electron chi connectivity index (χ4n) is 3.96. The van der Waals surface area contributed by atoms with Gasteiger partial charge < -0.3 is 14.6 Å². The van der Waals surface area contributed by atoms with Gasteiger partial charge in [0.1, 0.15) is 11.5 Å². The number of piperazine rings is 1. The summed E-state index contributed by atoms with van der Waals surface area (Å²) in [6.45, 7) is 7.64. The van der Waals surface area contributed by atoms with E-state index < -0.39 is 0 Å². The largest absolute Gasteiger partial charge is 0.497 e. The third kappa shape index (κ3) is 6.33. The number of aliphatic hydroxyl groups is 1. The zero-order valence-electron chi connectivity index (χ0n) is 18.2. The summed E-state index contributed by atoms with van der Waals surface area (Å²) in [5, 5.41) is 9.60. The van der Waals surface area contributed by atoms with Crippen LogP contribution in [0.5, 0.6) is 11.5 Å². The zero-order valence-corrected chi connectivity index (χ0v) is 18.2. The van der Waals surface area contributed by atoms with Crippen LogP contribution in [-0.4, -0.2) is 67.5 Å². The third-order valence-electron chi connectivity index (χ3n) is 5.59. The lowest BCUT2D eigenvalue weighted by atomic mass is 10.1. The monoisotopic (exact) mass is 410 g/mol. The van der Waals surface area contributed by atoms with Gasteiger partial charge in [-0.05, 0) is 37.1 Å². The van der Waals surface area contributed by atoms with Crippen molar-refractivity contribution in [3.05, 3.63) is 65.7 Å². The molecule has 30 heavy (non-hydrogen) atoms. The molecule has 1 aliphatic heterocycles. The summed E-state index contributed by atoms with van der Waals surface area (Å²) in [6.07, 6.45) is 5.17. The molecule has 2 aromatic carbocycles. The molecule has 1 fully saturated rings. The fraction of sp³-hybridized carbons (Fsp3) is 0.440. The third-order valence-corrected chi connectivity index (χ3v) is 5.59. The van der Waals surface area contributed by atoms with Gasteiger partial charge in [-0.3, -0.25) is 9.80 Å². The second-order valence-corrected chi connectivity index (χ2v) is 7.61. The molecule has 0 aromatic heterocycles. The SMILES string of the molecule is CCOc1ccccc1CN1CCN(C/C=C/c2ccc(OC)cc2)C[C@H]1CCO. The highest BCUT2D eigenvalue weighted by molar-refractivity contribution is 5.50. The number of hydrogen-bond acceptors (Lipinski definition) is 5. The Kier molecular flexibility index (Phi) is 8.75. The van der Waals surface area contributed by atoms with E-state index in [1.807, 2.05) is 31.2 Å². The lowest BCUT2D eigenvalue weighted by Gasteiger charge is -2.41. The summed E-state index contributed by atoms with van der Waals surface area (Å²) in [6, 6.07) is 16.7. The van der Waals surface area contributed by atoms with Crippen molar-refractivity contribution < 1.29 is 14.6 Å². The molecule has 5 heteroatoms. The number of nitrogens with zero attached hydrogens (tertiary/aromatic N) is 2. The summed E-state index contributed by atoms with van der Waals surface area (Å²) in [4.78, 5) is 4.95. The van der Waals surface area contributed by atoms with Crippen LogP contribution in [0, 0.1) is 0 Å². The smallest absolute Gasteiger partial charge is 0.123 e. The molecule has 0 bridgehead atoms. The van der Waals surface area contributed by atoms with E-state index in [2.05, 4.69) is 46.2 Å². The molecule has 1 saturated heterocycles. The van der Waals surface area contributed by atoms with E-state index in [4.69, 9.17) is 9.47 Å². The maximum atomic E-state index is 9.60. The van der Waals surface area contributed by atoms with E-state index in [1.165, 1.54) is 11.1 Å². The molecular weight excluding hydrogens is 376 g/mol. The molecule has 1 heterocycles. The van der Waals surface area contributed by atoms with Crippen LogP contribution >= 0.6 is 0 Å². The first-order valence-corrected chi connectivity index (χ1v) is 10.8. The first-order valence-electron chi connectivity index (χ1n) is 10.8. The molecule has 0 amide bonds. The maximum absolute atomic E-state index is 9.60. The second-order valence-electron chi connectivity index (χ2n) is 7.61. The minimum Gasteiger partial charge on any atom is -0.497 e. The Labute approximate surface area is 180 Å². The van der Waals surface area contributed by atoms with Gasteiger partial charge in [-0.2, -0.15) is 0 Å². The molecule has 1 aliphatic rings. The highest BCUT2D eigenvalue weighted by Gasteiger charge is 2.26. The summed E-state index contributed by atoms with van der Waals surface area (Å²) >= 11 is 0. The number of methoxy groups -OCH3 is 1. The van der Waals surface area contributed by atoms with Crippen molar-refractivity contribution in [2.75, 3.05) is 46.5 Å². The molecular formula is C25H34N2O3. The highest BCUT2D eigenvalue weighted by atomic mass is 16.5. The van der Waals surface area contributed by atoms with E-state index in [9.17, 15) is 5.11 Å². The van der Waals surface area contributed by atoms with Crippen molar-refractivity contribution in [2.45, 2.75) is 25.9 Å². The number of hydrogen-bond donors (Lipinski definition) is 1. The van der Waals surface area contributed by atoms with Gasteiger partial charge >= 0.3 is 0 Å². The standard InChI is InChI=1S/C25H34N2O3/c1-3-30-25-9-5-4-8-22(25)19-27-17-16-26(20-23(27)14-18-28)15-6-7-21-10-12-24(29-2)13-11-21/h4-13,23,28H,3,14-20H2,1-2H3/b7-6+/t23-/m1/s1. The van der Waals surface area contributed by atoms with Gasteiger partial charge in [0.05, 0.1) is 13.7 Å². The van der Waals surface area contributed by atoms with Gasteiger partial charge in [-0.15, -0.1) is 0 Å². The normalized spacial score (nSPS) is 18.0. The molecule has 2 aromatic rings. The minimum absolute atomic E-state index is 0.212. The van der Waals surface area contributed by atoms with Crippen LogP contribution in [0.25, 0.3) is 6.08 Å². The first-order chi connectivity index (χ1) is 14.7. The number of ether oxygens (including phenoxy) is 2. The summed E-state index contributed by atoms with van der Waals surface area (Å²) < 4.78 is 11.0. The van der Waals surface area contributed by atoms with Gasteiger partial charge in [0.2, 0.25) is 0 Å². The predicted molar refractivity (Wildman–Crippen MR) is 122 cm³/mol. The maximum Gasteiger partial charge on any atom is 0.123 e. The van der Waals surface area contributed by atoms with E-state index in [0.29, 0.717) is 12.6 Å². The number of aliphatic hydroxyl groups excluding tert-OH is 1. The summed E-state index contributed by atoms with van der Waals surface area (Å²) in [5.74, 6) is 1.84. The molecule has 0 saturated carbocycles. The molecule has 5 nitrogen and oxygen atoms in total. The Balaban J connectivity index is 1.57. The van der Waals surface area contributed by atoms with Crippen LogP contribution in [-0.2, 0) is 6.54 Å². The van der Waals surface area contributed by atoms with Crippen LogP contribution in [0.2, 0.25) is 0 Å². The molecule has 1 N–H and O–H groups in total. The van der Waals surface area contributed by atoms with Crippen molar-refractivity contribution >= 4 is 6.08 Å². The quantitative estimate of drug-likeness (QED) is 0.647. The summed E-state index contributed by atoms with van der Waals surface area (Å²) in [7, 11) is 1.68. The van der Waals surface area contributed by atoms with Crippen LogP contribution < -0.4 is 9.47 Å². The van der Waals surface area contributed by atoms with E-state index in [-0.39, 0.29) is 6.61 Å². The van der Waals surface area contributed by atoms with Gasteiger partial charge in [-0.25, -0.2) is 0 Å². The summed E-state index contributed by atoms with van der Waals surface area (Å²) in [5.41, 5.74) is 2.39. The van der Waals surface area contributed by atoms with E-state index in [1.54, 1.807) is 7.11 Å².